The normalized spacial score (nSPS) is 18.6. The van der Waals surface area contributed by atoms with E-state index in [1.54, 1.807) is 6.07 Å². The Morgan fingerprint density at radius 2 is 1.74 bits per heavy atom. The molecule has 0 bridgehead atoms. The van der Waals surface area contributed by atoms with Crippen LogP contribution < -0.4 is 10.1 Å². The van der Waals surface area contributed by atoms with Crippen LogP contribution in [0.2, 0.25) is 0 Å². The second kappa shape index (κ2) is 10.2. The SMILES string of the molecule is COc1ccc(-c2nc3ccccc3n2C(C(=O)NC2CCCCC2)C2CCCCC2)cc1F. The van der Waals surface area contributed by atoms with Gasteiger partial charge in [-0.2, -0.15) is 0 Å². The monoisotopic (exact) mass is 463 g/mol. The fraction of sp³-hybridized carbons (Fsp3) is 0.500. The molecule has 2 aliphatic rings. The molecule has 0 aliphatic heterocycles. The number of nitrogens with zero attached hydrogens (tertiary/aromatic N) is 2. The minimum Gasteiger partial charge on any atom is -0.494 e. The van der Waals surface area contributed by atoms with Crippen molar-refractivity contribution < 1.29 is 13.9 Å². The summed E-state index contributed by atoms with van der Waals surface area (Å²) in [5.74, 6) is 0.718. The number of aromatic nitrogens is 2. The number of para-hydroxylation sites is 2. The molecule has 0 radical (unpaired) electrons. The van der Waals surface area contributed by atoms with Crippen LogP contribution in [0.25, 0.3) is 22.4 Å². The van der Waals surface area contributed by atoms with Gasteiger partial charge in [-0.15, -0.1) is 0 Å². The predicted molar refractivity (Wildman–Crippen MR) is 132 cm³/mol. The number of carbonyl (C=O) groups excluding carboxylic acids is 1. The third-order valence-corrected chi connectivity index (χ3v) is 7.60. The smallest absolute Gasteiger partial charge is 0.243 e. The van der Waals surface area contributed by atoms with Crippen LogP contribution in [0.4, 0.5) is 4.39 Å². The first kappa shape index (κ1) is 22.9. The van der Waals surface area contributed by atoms with E-state index in [1.165, 1.54) is 38.9 Å². The van der Waals surface area contributed by atoms with Crippen molar-refractivity contribution in [2.75, 3.05) is 7.11 Å². The molecule has 2 fully saturated rings. The summed E-state index contributed by atoms with van der Waals surface area (Å²) >= 11 is 0. The molecule has 6 heteroatoms. The van der Waals surface area contributed by atoms with Crippen LogP contribution in [-0.4, -0.2) is 28.6 Å². The van der Waals surface area contributed by atoms with Crippen LogP contribution in [0.15, 0.2) is 42.5 Å². The van der Waals surface area contributed by atoms with Gasteiger partial charge in [0.15, 0.2) is 11.6 Å². The number of halogens is 1. The fourth-order valence-electron chi connectivity index (χ4n) is 5.86. The van der Waals surface area contributed by atoms with Gasteiger partial charge in [-0.25, -0.2) is 9.37 Å². The number of benzene rings is 2. The van der Waals surface area contributed by atoms with E-state index in [9.17, 15) is 9.18 Å². The summed E-state index contributed by atoms with van der Waals surface area (Å²) < 4.78 is 21.9. The molecule has 34 heavy (non-hydrogen) atoms. The zero-order valence-corrected chi connectivity index (χ0v) is 19.9. The van der Waals surface area contributed by atoms with E-state index in [4.69, 9.17) is 9.72 Å². The molecule has 1 heterocycles. The number of ether oxygens (including phenoxy) is 1. The average Bonchev–Trinajstić information content (AvgIpc) is 3.25. The minimum absolute atomic E-state index is 0.0807. The maximum Gasteiger partial charge on any atom is 0.243 e. The van der Waals surface area contributed by atoms with E-state index in [-0.39, 0.29) is 29.7 Å². The van der Waals surface area contributed by atoms with Gasteiger partial charge in [0.05, 0.1) is 18.1 Å². The van der Waals surface area contributed by atoms with Gasteiger partial charge in [0.1, 0.15) is 11.9 Å². The quantitative estimate of drug-likeness (QED) is 0.459. The standard InChI is InChI=1S/C28H34FN3O2/c1-34-25-17-16-20(18-22(25)29)27-31-23-14-8-9-15-24(23)32(27)26(19-10-4-2-5-11-19)28(33)30-21-12-6-3-7-13-21/h8-9,14-19,21,26H,2-7,10-13H2,1H3,(H,30,33). The predicted octanol–water partition coefficient (Wildman–Crippen LogP) is 6.42. The third kappa shape index (κ3) is 4.55. The average molecular weight is 464 g/mol. The number of nitrogens with one attached hydrogen (secondary N) is 1. The molecule has 1 aromatic heterocycles. The summed E-state index contributed by atoms with van der Waals surface area (Å²) in [4.78, 5) is 18.8. The lowest BCUT2D eigenvalue weighted by Crippen LogP contribution is -2.43. The summed E-state index contributed by atoms with van der Waals surface area (Å²) in [6.07, 6.45) is 11.2. The maximum absolute atomic E-state index is 14.7. The Hall–Kier alpha value is -2.89. The third-order valence-electron chi connectivity index (χ3n) is 7.60. The highest BCUT2D eigenvalue weighted by atomic mass is 19.1. The van der Waals surface area contributed by atoms with E-state index >= 15 is 0 Å². The fourth-order valence-corrected chi connectivity index (χ4v) is 5.86. The molecule has 2 aromatic carbocycles. The van der Waals surface area contributed by atoms with Crippen LogP contribution in [0.1, 0.15) is 70.3 Å². The number of methoxy groups -OCH3 is 1. The lowest BCUT2D eigenvalue weighted by molar-refractivity contribution is -0.127. The summed E-state index contributed by atoms with van der Waals surface area (Å²) in [6, 6.07) is 12.7. The van der Waals surface area contributed by atoms with E-state index in [1.807, 2.05) is 30.3 Å². The molecule has 2 saturated carbocycles. The highest BCUT2D eigenvalue weighted by molar-refractivity contribution is 5.87. The highest BCUT2D eigenvalue weighted by Crippen LogP contribution is 2.39. The van der Waals surface area contributed by atoms with Crippen molar-refractivity contribution in [3.8, 4) is 17.1 Å². The molecule has 3 aromatic rings. The summed E-state index contributed by atoms with van der Waals surface area (Å²) in [7, 11) is 1.46. The van der Waals surface area contributed by atoms with E-state index in [0.29, 0.717) is 11.4 Å². The van der Waals surface area contributed by atoms with Crippen molar-refractivity contribution in [1.29, 1.82) is 0 Å². The van der Waals surface area contributed by atoms with Gasteiger partial charge >= 0.3 is 0 Å². The second-order valence-corrected chi connectivity index (χ2v) is 9.83. The van der Waals surface area contributed by atoms with Crippen molar-refractivity contribution in [2.24, 2.45) is 5.92 Å². The molecule has 0 saturated heterocycles. The number of rotatable bonds is 6. The topological polar surface area (TPSA) is 56.2 Å². The lowest BCUT2D eigenvalue weighted by Gasteiger charge is -2.33. The Kier molecular flexibility index (Phi) is 6.84. The Morgan fingerprint density at radius 1 is 1.03 bits per heavy atom. The summed E-state index contributed by atoms with van der Waals surface area (Å²) in [6.45, 7) is 0. The molecule has 1 unspecified atom stereocenters. The Balaban J connectivity index is 1.62. The first-order chi connectivity index (χ1) is 16.7. The number of fused-ring (bicyclic) bond motifs is 1. The van der Waals surface area contributed by atoms with E-state index in [2.05, 4.69) is 9.88 Å². The van der Waals surface area contributed by atoms with Crippen LogP contribution >= 0.6 is 0 Å². The van der Waals surface area contributed by atoms with Gasteiger partial charge in [-0.05, 0) is 61.9 Å². The van der Waals surface area contributed by atoms with Crippen LogP contribution in [0, 0.1) is 11.7 Å². The van der Waals surface area contributed by atoms with Gasteiger partial charge in [-0.1, -0.05) is 50.7 Å². The number of carbonyl (C=O) groups is 1. The van der Waals surface area contributed by atoms with Crippen LogP contribution in [0.3, 0.4) is 0 Å². The van der Waals surface area contributed by atoms with E-state index in [0.717, 1.165) is 49.6 Å². The van der Waals surface area contributed by atoms with Crippen molar-refractivity contribution in [3.05, 3.63) is 48.3 Å². The van der Waals surface area contributed by atoms with Gasteiger partial charge in [-0.3, -0.25) is 4.79 Å². The second-order valence-electron chi connectivity index (χ2n) is 9.83. The Bertz CT molecular complexity index is 1150. The molecule has 1 amide bonds. The number of amides is 1. The zero-order chi connectivity index (χ0) is 23.5. The first-order valence-corrected chi connectivity index (χ1v) is 12.8. The molecule has 5 nitrogen and oxygen atoms in total. The Labute approximate surface area is 200 Å². The molecule has 180 valence electrons. The number of hydrogen-bond acceptors (Lipinski definition) is 3. The molecule has 1 atom stereocenters. The lowest BCUT2D eigenvalue weighted by atomic mass is 9.82. The van der Waals surface area contributed by atoms with Crippen molar-refractivity contribution in [2.45, 2.75) is 76.3 Å². The summed E-state index contributed by atoms with van der Waals surface area (Å²) in [5, 5.41) is 3.40. The van der Waals surface area contributed by atoms with Gasteiger partial charge < -0.3 is 14.6 Å². The minimum atomic E-state index is -0.431. The van der Waals surface area contributed by atoms with Crippen LogP contribution in [-0.2, 0) is 4.79 Å². The molecule has 5 rings (SSSR count). The first-order valence-electron chi connectivity index (χ1n) is 12.8. The Morgan fingerprint density at radius 3 is 2.44 bits per heavy atom. The number of imidazole rings is 1. The van der Waals surface area contributed by atoms with Gasteiger partial charge in [0.25, 0.3) is 0 Å². The van der Waals surface area contributed by atoms with Crippen molar-refractivity contribution in [3.63, 3.8) is 0 Å². The molecular weight excluding hydrogens is 429 g/mol. The van der Waals surface area contributed by atoms with Crippen LogP contribution in [0.5, 0.6) is 5.75 Å². The molecule has 1 N–H and O–H groups in total. The molecule has 0 spiro atoms. The molecule has 2 aliphatic carbocycles. The zero-order valence-electron chi connectivity index (χ0n) is 19.9. The maximum atomic E-state index is 14.7. The van der Waals surface area contributed by atoms with Gasteiger partial charge in [0, 0.05) is 11.6 Å². The highest BCUT2D eigenvalue weighted by Gasteiger charge is 2.35. The van der Waals surface area contributed by atoms with Crippen molar-refractivity contribution in [1.82, 2.24) is 14.9 Å². The largest absolute Gasteiger partial charge is 0.494 e. The summed E-state index contributed by atoms with van der Waals surface area (Å²) in [5.41, 5.74) is 2.39. The molecular formula is C28H34FN3O2. The number of hydrogen-bond donors (Lipinski definition) is 1. The van der Waals surface area contributed by atoms with E-state index < -0.39 is 5.82 Å². The van der Waals surface area contributed by atoms with Gasteiger partial charge in [0.2, 0.25) is 5.91 Å². The van der Waals surface area contributed by atoms with Crippen molar-refractivity contribution >= 4 is 16.9 Å².